The molecule has 0 amide bonds. The zero-order valence-corrected chi connectivity index (χ0v) is 14.4. The number of para-hydroxylation sites is 1. The van der Waals surface area contributed by atoms with Gasteiger partial charge in [-0.15, -0.1) is 13.2 Å². The first-order valence-corrected chi connectivity index (χ1v) is 8.25. The number of halogens is 3. The van der Waals surface area contributed by atoms with Crippen molar-refractivity contribution in [2.45, 2.75) is 25.7 Å². The average molecular weight is 380 g/mol. The molecule has 0 saturated heterocycles. The number of nitrogens with zero attached hydrogens (tertiary/aromatic N) is 3. The van der Waals surface area contributed by atoms with Crippen molar-refractivity contribution in [1.82, 2.24) is 5.32 Å². The van der Waals surface area contributed by atoms with Crippen LogP contribution in [0.1, 0.15) is 17.5 Å². The van der Waals surface area contributed by atoms with Gasteiger partial charge in [0.1, 0.15) is 11.5 Å². The Morgan fingerprint density at radius 2 is 1.93 bits per heavy atom. The summed E-state index contributed by atoms with van der Waals surface area (Å²) in [6.07, 6.45) is -3.57. The van der Waals surface area contributed by atoms with Crippen molar-refractivity contribution in [3.63, 3.8) is 0 Å². The standard InChI is InChI=1S/C18H19F3N4O2/c19-18(20,21)27-17-9-2-1-6-15(17)7-4-10-23-12-14-5-3-8-16(11-14)26-13-24-25-22/h1-3,5-6,8-9,11,23H,4,7,10,12-13H2. The fraction of sp³-hybridized carbons (Fsp3) is 0.333. The average Bonchev–Trinajstić information content (AvgIpc) is 2.62. The van der Waals surface area contributed by atoms with Crippen LogP contribution in [0, 0.1) is 0 Å². The van der Waals surface area contributed by atoms with Crippen molar-refractivity contribution < 1.29 is 22.6 Å². The molecule has 0 aliphatic carbocycles. The lowest BCUT2D eigenvalue weighted by Gasteiger charge is -2.13. The van der Waals surface area contributed by atoms with Crippen molar-refractivity contribution in [1.29, 1.82) is 0 Å². The number of hydrogen-bond donors (Lipinski definition) is 1. The fourth-order valence-electron chi connectivity index (χ4n) is 2.45. The summed E-state index contributed by atoms with van der Waals surface area (Å²) in [5.74, 6) is 0.440. The monoisotopic (exact) mass is 380 g/mol. The molecule has 0 unspecified atom stereocenters. The lowest BCUT2D eigenvalue weighted by Crippen LogP contribution is -2.19. The molecule has 0 heterocycles. The first kappa shape index (κ1) is 20.4. The van der Waals surface area contributed by atoms with E-state index < -0.39 is 6.36 Å². The minimum Gasteiger partial charge on any atom is -0.488 e. The predicted molar refractivity (Wildman–Crippen MR) is 94.2 cm³/mol. The summed E-state index contributed by atoms with van der Waals surface area (Å²) < 4.78 is 46.6. The van der Waals surface area contributed by atoms with Crippen LogP contribution in [0.25, 0.3) is 10.4 Å². The van der Waals surface area contributed by atoms with E-state index in [1.165, 1.54) is 12.1 Å². The Balaban J connectivity index is 1.76. The zero-order valence-electron chi connectivity index (χ0n) is 14.4. The molecule has 0 radical (unpaired) electrons. The third-order valence-corrected chi connectivity index (χ3v) is 3.58. The molecule has 144 valence electrons. The molecule has 0 atom stereocenters. The van der Waals surface area contributed by atoms with Gasteiger partial charge in [-0.3, -0.25) is 0 Å². The van der Waals surface area contributed by atoms with Gasteiger partial charge >= 0.3 is 6.36 Å². The molecular weight excluding hydrogens is 361 g/mol. The van der Waals surface area contributed by atoms with E-state index in [-0.39, 0.29) is 12.5 Å². The molecule has 0 aromatic heterocycles. The summed E-state index contributed by atoms with van der Waals surface area (Å²) in [7, 11) is 0. The molecule has 6 nitrogen and oxygen atoms in total. The van der Waals surface area contributed by atoms with E-state index in [2.05, 4.69) is 20.1 Å². The van der Waals surface area contributed by atoms with Crippen LogP contribution in [-0.2, 0) is 13.0 Å². The molecule has 0 bridgehead atoms. The highest BCUT2D eigenvalue weighted by Gasteiger charge is 2.31. The van der Waals surface area contributed by atoms with Gasteiger partial charge in [0.25, 0.3) is 0 Å². The van der Waals surface area contributed by atoms with Crippen molar-refractivity contribution in [2.24, 2.45) is 5.11 Å². The van der Waals surface area contributed by atoms with Gasteiger partial charge in [0.05, 0.1) is 0 Å². The lowest BCUT2D eigenvalue weighted by atomic mass is 10.1. The Bertz CT molecular complexity index is 777. The van der Waals surface area contributed by atoms with E-state index in [1.807, 2.05) is 18.2 Å². The smallest absolute Gasteiger partial charge is 0.488 e. The predicted octanol–water partition coefficient (Wildman–Crippen LogP) is 4.95. The fourth-order valence-corrected chi connectivity index (χ4v) is 2.45. The summed E-state index contributed by atoms with van der Waals surface area (Å²) in [5.41, 5.74) is 9.72. The molecule has 0 fully saturated rings. The van der Waals surface area contributed by atoms with E-state index >= 15 is 0 Å². The third kappa shape index (κ3) is 7.89. The maximum absolute atomic E-state index is 12.4. The highest BCUT2D eigenvalue weighted by Crippen LogP contribution is 2.26. The molecule has 1 N–H and O–H groups in total. The van der Waals surface area contributed by atoms with Gasteiger partial charge < -0.3 is 14.8 Å². The number of benzene rings is 2. The number of azide groups is 1. The van der Waals surface area contributed by atoms with Gasteiger partial charge in [0, 0.05) is 11.5 Å². The van der Waals surface area contributed by atoms with Crippen LogP contribution < -0.4 is 14.8 Å². The number of nitrogens with one attached hydrogen (secondary N) is 1. The summed E-state index contributed by atoms with van der Waals surface area (Å²) in [5, 5.41) is 6.54. The van der Waals surface area contributed by atoms with Gasteiger partial charge in [-0.05, 0) is 54.2 Å². The zero-order chi connectivity index (χ0) is 19.5. The second-order valence-electron chi connectivity index (χ2n) is 5.59. The SMILES string of the molecule is [N-]=[N+]=NCOc1cccc(CNCCCc2ccccc2OC(F)(F)F)c1. The second-order valence-corrected chi connectivity index (χ2v) is 5.59. The maximum atomic E-state index is 12.4. The first-order valence-electron chi connectivity index (χ1n) is 8.25. The van der Waals surface area contributed by atoms with Crippen LogP contribution in [0.15, 0.2) is 53.6 Å². The van der Waals surface area contributed by atoms with Crippen LogP contribution in [0.4, 0.5) is 13.2 Å². The molecule has 0 aliphatic heterocycles. The van der Waals surface area contributed by atoms with Crippen molar-refractivity contribution in [3.05, 3.63) is 70.1 Å². The Labute approximate surface area is 154 Å². The van der Waals surface area contributed by atoms with Crippen molar-refractivity contribution in [3.8, 4) is 11.5 Å². The Kier molecular flexibility index (Phi) is 7.79. The van der Waals surface area contributed by atoms with Crippen LogP contribution in [-0.4, -0.2) is 19.6 Å². The summed E-state index contributed by atoms with van der Waals surface area (Å²) >= 11 is 0. The summed E-state index contributed by atoms with van der Waals surface area (Å²) in [6, 6.07) is 13.5. The molecule has 2 aromatic carbocycles. The normalized spacial score (nSPS) is 10.9. The number of ether oxygens (including phenoxy) is 2. The Morgan fingerprint density at radius 3 is 2.70 bits per heavy atom. The minimum atomic E-state index is -4.69. The molecule has 9 heteroatoms. The summed E-state index contributed by atoms with van der Waals surface area (Å²) in [6.45, 7) is 1.14. The maximum Gasteiger partial charge on any atom is 0.573 e. The second kappa shape index (κ2) is 10.3. The number of rotatable bonds is 10. The van der Waals surface area contributed by atoms with Crippen LogP contribution in [0.5, 0.6) is 11.5 Å². The van der Waals surface area contributed by atoms with Gasteiger partial charge in [-0.25, -0.2) is 0 Å². The third-order valence-electron chi connectivity index (χ3n) is 3.58. The topological polar surface area (TPSA) is 79.3 Å². The molecule has 2 aromatic rings. The highest BCUT2D eigenvalue weighted by atomic mass is 19.4. The molecular formula is C18H19F3N4O2. The van der Waals surface area contributed by atoms with Gasteiger partial charge in [0.15, 0.2) is 6.73 Å². The molecule has 0 spiro atoms. The quantitative estimate of drug-likeness (QED) is 0.274. The number of aryl methyl sites for hydroxylation is 1. The van der Waals surface area contributed by atoms with Crippen LogP contribution in [0.2, 0.25) is 0 Å². The van der Waals surface area contributed by atoms with Crippen LogP contribution in [0.3, 0.4) is 0 Å². The molecule has 0 aliphatic rings. The Hall–Kier alpha value is -2.90. The highest BCUT2D eigenvalue weighted by molar-refractivity contribution is 5.33. The molecule has 2 rings (SSSR count). The van der Waals surface area contributed by atoms with Gasteiger partial charge in [0.2, 0.25) is 0 Å². The van der Waals surface area contributed by atoms with Crippen molar-refractivity contribution in [2.75, 3.05) is 13.3 Å². The van der Waals surface area contributed by atoms with E-state index in [0.717, 1.165) is 5.56 Å². The van der Waals surface area contributed by atoms with Crippen molar-refractivity contribution >= 4 is 0 Å². The molecule has 0 saturated carbocycles. The number of alkyl halides is 3. The van der Waals surface area contributed by atoms with E-state index in [9.17, 15) is 13.2 Å². The van der Waals surface area contributed by atoms with Gasteiger partial charge in [-0.2, -0.15) is 0 Å². The minimum absolute atomic E-state index is 0.0766. The van der Waals surface area contributed by atoms with Gasteiger partial charge in [-0.1, -0.05) is 35.4 Å². The van der Waals surface area contributed by atoms with Crippen LogP contribution >= 0.6 is 0 Å². The summed E-state index contributed by atoms with van der Waals surface area (Å²) in [4.78, 5) is 2.61. The number of hydrogen-bond acceptors (Lipinski definition) is 4. The van der Waals surface area contributed by atoms with E-state index in [1.54, 1.807) is 18.2 Å². The lowest BCUT2D eigenvalue weighted by molar-refractivity contribution is -0.274. The van der Waals surface area contributed by atoms with E-state index in [0.29, 0.717) is 37.2 Å². The van der Waals surface area contributed by atoms with E-state index in [4.69, 9.17) is 10.3 Å². The Morgan fingerprint density at radius 1 is 1.11 bits per heavy atom. The first-order chi connectivity index (χ1) is 13.0. The largest absolute Gasteiger partial charge is 0.573 e. The molecule has 27 heavy (non-hydrogen) atoms.